The smallest absolute Gasteiger partial charge is 0.165 e. The van der Waals surface area contributed by atoms with E-state index in [0.29, 0.717) is 13.2 Å². The van der Waals surface area contributed by atoms with Gasteiger partial charge in [0.05, 0.1) is 12.3 Å². The highest BCUT2D eigenvalue weighted by molar-refractivity contribution is 5.69. The van der Waals surface area contributed by atoms with Crippen LogP contribution < -0.4 is 10.5 Å². The van der Waals surface area contributed by atoms with Crippen LogP contribution >= 0.6 is 0 Å². The van der Waals surface area contributed by atoms with Crippen LogP contribution in [0, 0.1) is 12.7 Å². The van der Waals surface area contributed by atoms with Gasteiger partial charge in [0.15, 0.2) is 11.6 Å². The normalized spacial score (nSPS) is 10.8. The van der Waals surface area contributed by atoms with Crippen LogP contribution in [0.4, 0.5) is 4.39 Å². The van der Waals surface area contributed by atoms with Gasteiger partial charge in [0.25, 0.3) is 0 Å². The van der Waals surface area contributed by atoms with Crippen molar-refractivity contribution in [1.82, 2.24) is 9.78 Å². The molecule has 19 heavy (non-hydrogen) atoms. The lowest BCUT2D eigenvalue weighted by Gasteiger charge is -2.08. The first kappa shape index (κ1) is 13.5. The summed E-state index contributed by atoms with van der Waals surface area (Å²) in [6, 6.07) is 4.94. The summed E-state index contributed by atoms with van der Waals surface area (Å²) in [5, 5.41) is 4.33. The first-order valence-electron chi connectivity index (χ1n) is 6.23. The lowest BCUT2D eigenvalue weighted by atomic mass is 10.0. The summed E-state index contributed by atoms with van der Waals surface area (Å²) in [6.45, 7) is 4.53. The Balaban J connectivity index is 2.50. The van der Waals surface area contributed by atoms with E-state index in [1.54, 1.807) is 10.7 Å². The van der Waals surface area contributed by atoms with E-state index >= 15 is 0 Å². The van der Waals surface area contributed by atoms with Crippen molar-refractivity contribution < 1.29 is 9.13 Å². The summed E-state index contributed by atoms with van der Waals surface area (Å²) in [4.78, 5) is 0. The summed E-state index contributed by atoms with van der Waals surface area (Å²) in [5.41, 5.74) is 9.09. The van der Waals surface area contributed by atoms with Crippen molar-refractivity contribution in [2.45, 2.75) is 20.4 Å². The Bertz CT molecular complexity index is 593. The summed E-state index contributed by atoms with van der Waals surface area (Å²) in [7, 11) is 1.85. The van der Waals surface area contributed by atoms with E-state index in [9.17, 15) is 4.39 Å². The third-order valence-electron chi connectivity index (χ3n) is 3.12. The van der Waals surface area contributed by atoms with Crippen molar-refractivity contribution in [2.75, 3.05) is 6.61 Å². The topological polar surface area (TPSA) is 53.1 Å². The molecule has 0 saturated heterocycles. The third kappa shape index (κ3) is 2.46. The number of ether oxygens (including phenoxy) is 1. The zero-order valence-electron chi connectivity index (χ0n) is 11.4. The molecule has 0 amide bonds. The predicted molar refractivity (Wildman–Crippen MR) is 72.4 cm³/mol. The number of rotatable bonds is 4. The van der Waals surface area contributed by atoms with E-state index in [0.717, 1.165) is 22.5 Å². The lowest BCUT2D eigenvalue weighted by Crippen LogP contribution is -2.00. The van der Waals surface area contributed by atoms with Crippen LogP contribution in [0.1, 0.15) is 18.3 Å². The largest absolute Gasteiger partial charge is 0.491 e. The van der Waals surface area contributed by atoms with Crippen LogP contribution in [-0.4, -0.2) is 16.4 Å². The zero-order chi connectivity index (χ0) is 14.0. The van der Waals surface area contributed by atoms with Crippen LogP contribution in [-0.2, 0) is 13.6 Å². The maximum Gasteiger partial charge on any atom is 0.165 e. The Kier molecular flexibility index (Phi) is 3.85. The van der Waals surface area contributed by atoms with Gasteiger partial charge in [-0.3, -0.25) is 4.68 Å². The fourth-order valence-corrected chi connectivity index (χ4v) is 2.12. The Morgan fingerprint density at radius 3 is 2.74 bits per heavy atom. The van der Waals surface area contributed by atoms with Crippen LogP contribution in [0.3, 0.4) is 0 Å². The van der Waals surface area contributed by atoms with E-state index in [1.807, 2.05) is 27.0 Å². The molecule has 0 aliphatic rings. The number of hydrogen-bond donors (Lipinski definition) is 1. The molecule has 1 aromatic carbocycles. The fraction of sp³-hybridized carbons (Fsp3) is 0.357. The van der Waals surface area contributed by atoms with Crippen LogP contribution in [0.15, 0.2) is 18.2 Å². The summed E-state index contributed by atoms with van der Waals surface area (Å²) < 4.78 is 20.9. The molecule has 2 N–H and O–H groups in total. The molecule has 0 unspecified atom stereocenters. The monoisotopic (exact) mass is 263 g/mol. The van der Waals surface area contributed by atoms with Crippen LogP contribution in [0.25, 0.3) is 11.1 Å². The van der Waals surface area contributed by atoms with Gasteiger partial charge in [-0.05, 0) is 31.5 Å². The van der Waals surface area contributed by atoms with Gasteiger partial charge in [-0.2, -0.15) is 5.10 Å². The minimum absolute atomic E-state index is 0.266. The highest BCUT2D eigenvalue weighted by Gasteiger charge is 2.15. The Morgan fingerprint density at radius 1 is 1.42 bits per heavy atom. The van der Waals surface area contributed by atoms with Gasteiger partial charge >= 0.3 is 0 Å². The van der Waals surface area contributed by atoms with Crippen molar-refractivity contribution in [3.05, 3.63) is 35.4 Å². The van der Waals surface area contributed by atoms with Crippen molar-refractivity contribution in [3.8, 4) is 16.9 Å². The Morgan fingerprint density at radius 2 is 2.16 bits per heavy atom. The van der Waals surface area contributed by atoms with Gasteiger partial charge < -0.3 is 10.5 Å². The maximum absolute atomic E-state index is 13.9. The van der Waals surface area contributed by atoms with Crippen molar-refractivity contribution >= 4 is 0 Å². The predicted octanol–water partition coefficient (Wildman–Crippen LogP) is 2.39. The quantitative estimate of drug-likeness (QED) is 0.921. The first-order chi connectivity index (χ1) is 9.08. The molecule has 2 rings (SSSR count). The molecule has 0 saturated carbocycles. The summed E-state index contributed by atoms with van der Waals surface area (Å²) in [5.74, 6) is -0.104. The number of hydrogen-bond acceptors (Lipinski definition) is 3. The van der Waals surface area contributed by atoms with Gasteiger partial charge in [-0.1, -0.05) is 6.07 Å². The third-order valence-corrected chi connectivity index (χ3v) is 3.12. The van der Waals surface area contributed by atoms with E-state index in [-0.39, 0.29) is 11.6 Å². The van der Waals surface area contributed by atoms with Crippen LogP contribution in [0.2, 0.25) is 0 Å². The number of halogens is 1. The maximum atomic E-state index is 13.9. The number of aromatic nitrogens is 2. The molecule has 0 radical (unpaired) electrons. The molecule has 2 aromatic rings. The molecule has 102 valence electrons. The second-order valence-corrected chi connectivity index (χ2v) is 4.31. The fourth-order valence-electron chi connectivity index (χ4n) is 2.12. The minimum atomic E-state index is -0.370. The average molecular weight is 263 g/mol. The highest BCUT2D eigenvalue weighted by atomic mass is 19.1. The highest BCUT2D eigenvalue weighted by Crippen LogP contribution is 2.30. The molecule has 1 aromatic heterocycles. The Labute approximate surface area is 112 Å². The van der Waals surface area contributed by atoms with Gasteiger partial charge in [-0.25, -0.2) is 4.39 Å². The van der Waals surface area contributed by atoms with Crippen molar-refractivity contribution in [3.63, 3.8) is 0 Å². The van der Waals surface area contributed by atoms with Gasteiger partial charge in [0, 0.05) is 24.8 Å². The average Bonchev–Trinajstić information content (AvgIpc) is 2.68. The number of nitrogens with zero attached hydrogens (tertiary/aromatic N) is 2. The van der Waals surface area contributed by atoms with E-state index in [1.165, 1.54) is 6.07 Å². The second kappa shape index (κ2) is 5.40. The lowest BCUT2D eigenvalue weighted by molar-refractivity contribution is 0.321. The summed E-state index contributed by atoms with van der Waals surface area (Å²) in [6.07, 6.45) is 0. The first-order valence-corrected chi connectivity index (χ1v) is 6.23. The van der Waals surface area contributed by atoms with Crippen molar-refractivity contribution in [2.24, 2.45) is 12.8 Å². The molecule has 0 aliphatic heterocycles. The zero-order valence-corrected chi connectivity index (χ0v) is 11.4. The van der Waals surface area contributed by atoms with E-state index in [4.69, 9.17) is 10.5 Å². The molecule has 0 aliphatic carbocycles. The van der Waals surface area contributed by atoms with Gasteiger partial charge in [0.1, 0.15) is 0 Å². The molecule has 0 fully saturated rings. The Hall–Kier alpha value is -1.88. The van der Waals surface area contributed by atoms with Crippen molar-refractivity contribution in [1.29, 1.82) is 0 Å². The number of aryl methyl sites for hydroxylation is 1. The molecule has 0 atom stereocenters. The van der Waals surface area contributed by atoms with Gasteiger partial charge in [-0.15, -0.1) is 0 Å². The molecular formula is C14H18FN3O. The number of nitrogens with two attached hydrogens (primary N) is 1. The molecule has 4 nitrogen and oxygen atoms in total. The van der Waals surface area contributed by atoms with Crippen LogP contribution in [0.5, 0.6) is 5.75 Å². The summed E-state index contributed by atoms with van der Waals surface area (Å²) >= 11 is 0. The molecule has 1 heterocycles. The molecule has 5 heteroatoms. The standard InChI is InChI=1S/C14H18FN3O/c1-4-19-13-6-5-10(7-11(13)15)14-9(2)18(3)17-12(14)8-16/h5-7H,4,8,16H2,1-3H3. The molecule has 0 bridgehead atoms. The van der Waals surface area contributed by atoms with Gasteiger partial charge in [0.2, 0.25) is 0 Å². The minimum Gasteiger partial charge on any atom is -0.491 e. The molecule has 0 spiro atoms. The van der Waals surface area contributed by atoms with E-state index < -0.39 is 0 Å². The van der Waals surface area contributed by atoms with E-state index in [2.05, 4.69) is 5.10 Å². The number of benzene rings is 1. The second-order valence-electron chi connectivity index (χ2n) is 4.31. The SMILES string of the molecule is CCOc1ccc(-c2c(CN)nn(C)c2C)cc1F. The molecular weight excluding hydrogens is 245 g/mol.